The number of rotatable bonds is 5. The molecule has 0 aromatic heterocycles. The molecule has 0 aliphatic heterocycles. The van der Waals surface area contributed by atoms with E-state index in [1.165, 1.54) is 5.56 Å². The van der Waals surface area contributed by atoms with E-state index in [1.54, 1.807) is 7.11 Å². The third-order valence-corrected chi connectivity index (χ3v) is 2.69. The predicted molar refractivity (Wildman–Crippen MR) is 62.3 cm³/mol. The number of aryl methyl sites for hydroxylation is 1. The van der Waals surface area contributed by atoms with Crippen LogP contribution in [0.1, 0.15) is 30.5 Å². The van der Waals surface area contributed by atoms with Gasteiger partial charge in [-0.15, -0.1) is 0 Å². The van der Waals surface area contributed by atoms with Crippen LogP contribution in [0.2, 0.25) is 0 Å². The van der Waals surface area contributed by atoms with E-state index < -0.39 is 0 Å². The summed E-state index contributed by atoms with van der Waals surface area (Å²) in [5.74, 6) is 5.56. The van der Waals surface area contributed by atoms with Crippen LogP contribution >= 0.6 is 0 Å². The van der Waals surface area contributed by atoms with Gasteiger partial charge in [0.05, 0.1) is 12.1 Å². The molecule has 0 radical (unpaired) electrons. The van der Waals surface area contributed by atoms with E-state index in [2.05, 4.69) is 43.5 Å². The minimum atomic E-state index is 0.0561. The maximum absolute atomic E-state index is 5.56. The second-order valence-electron chi connectivity index (χ2n) is 3.74. The average Bonchev–Trinajstić information content (AvgIpc) is 2.27. The van der Waals surface area contributed by atoms with Gasteiger partial charge in [0.1, 0.15) is 0 Å². The molecule has 1 aromatic rings. The van der Waals surface area contributed by atoms with Crippen molar-refractivity contribution >= 4 is 0 Å². The lowest BCUT2D eigenvalue weighted by atomic mass is 9.99. The summed E-state index contributed by atoms with van der Waals surface area (Å²) in [6, 6.07) is 8.40. The van der Waals surface area contributed by atoms with Gasteiger partial charge in [0, 0.05) is 7.11 Å². The molecule has 15 heavy (non-hydrogen) atoms. The molecule has 84 valence electrons. The van der Waals surface area contributed by atoms with Crippen molar-refractivity contribution in [3.63, 3.8) is 0 Å². The van der Waals surface area contributed by atoms with Crippen LogP contribution in [-0.2, 0) is 4.74 Å². The number of nitrogens with two attached hydrogens (primary N) is 1. The van der Waals surface area contributed by atoms with Gasteiger partial charge in [-0.2, -0.15) is 0 Å². The van der Waals surface area contributed by atoms with E-state index in [0.717, 1.165) is 12.0 Å². The van der Waals surface area contributed by atoms with Crippen molar-refractivity contribution in [3.8, 4) is 0 Å². The summed E-state index contributed by atoms with van der Waals surface area (Å²) in [5.41, 5.74) is 5.23. The molecule has 1 rings (SSSR count). The van der Waals surface area contributed by atoms with Crippen molar-refractivity contribution in [1.82, 2.24) is 5.43 Å². The molecule has 2 unspecified atom stereocenters. The quantitative estimate of drug-likeness (QED) is 0.574. The highest BCUT2D eigenvalue weighted by Crippen LogP contribution is 2.20. The lowest BCUT2D eigenvalue weighted by Gasteiger charge is -2.24. The number of ether oxygens (including phenoxy) is 1. The molecule has 3 N–H and O–H groups in total. The summed E-state index contributed by atoms with van der Waals surface area (Å²) in [7, 11) is 1.71. The van der Waals surface area contributed by atoms with Gasteiger partial charge in [-0.05, 0) is 18.9 Å². The van der Waals surface area contributed by atoms with Gasteiger partial charge in [0.25, 0.3) is 0 Å². The van der Waals surface area contributed by atoms with E-state index in [4.69, 9.17) is 10.6 Å². The van der Waals surface area contributed by atoms with E-state index in [0.29, 0.717) is 0 Å². The molecule has 0 aliphatic carbocycles. The smallest absolute Gasteiger partial charge is 0.0776 e. The molecule has 3 heteroatoms. The Morgan fingerprint density at radius 1 is 1.33 bits per heavy atom. The van der Waals surface area contributed by atoms with Crippen molar-refractivity contribution in [2.24, 2.45) is 5.84 Å². The lowest BCUT2D eigenvalue weighted by Crippen LogP contribution is -2.37. The van der Waals surface area contributed by atoms with E-state index in [1.807, 2.05) is 0 Å². The van der Waals surface area contributed by atoms with Gasteiger partial charge < -0.3 is 4.74 Å². The number of methoxy groups -OCH3 is 1. The molecule has 0 spiro atoms. The predicted octanol–water partition coefficient (Wildman–Crippen LogP) is 1.92. The van der Waals surface area contributed by atoms with Crippen LogP contribution in [0.5, 0.6) is 0 Å². The fraction of sp³-hybridized carbons (Fsp3) is 0.500. The maximum atomic E-state index is 5.56. The number of nitrogens with one attached hydrogen (secondary N) is 1. The molecule has 0 fully saturated rings. The van der Waals surface area contributed by atoms with E-state index >= 15 is 0 Å². The van der Waals surface area contributed by atoms with Gasteiger partial charge >= 0.3 is 0 Å². The van der Waals surface area contributed by atoms with Crippen LogP contribution in [0.4, 0.5) is 0 Å². The van der Waals surface area contributed by atoms with Gasteiger partial charge in [0.2, 0.25) is 0 Å². The largest absolute Gasteiger partial charge is 0.379 e. The third kappa shape index (κ3) is 3.02. The van der Waals surface area contributed by atoms with Crippen LogP contribution in [0, 0.1) is 6.92 Å². The van der Waals surface area contributed by atoms with Gasteiger partial charge in [-0.25, -0.2) is 0 Å². The zero-order chi connectivity index (χ0) is 11.3. The van der Waals surface area contributed by atoms with Gasteiger partial charge in [0.15, 0.2) is 0 Å². The van der Waals surface area contributed by atoms with Gasteiger partial charge in [-0.3, -0.25) is 11.3 Å². The summed E-state index contributed by atoms with van der Waals surface area (Å²) in [5, 5.41) is 0. The molecule has 0 saturated carbocycles. The molecule has 0 amide bonds. The summed E-state index contributed by atoms with van der Waals surface area (Å²) in [6.45, 7) is 4.16. The van der Waals surface area contributed by atoms with Gasteiger partial charge in [-0.1, -0.05) is 36.8 Å². The zero-order valence-electron chi connectivity index (χ0n) is 9.66. The number of hydrogen-bond donors (Lipinski definition) is 2. The molecular formula is C12H20N2O. The van der Waals surface area contributed by atoms with Crippen molar-refractivity contribution in [2.45, 2.75) is 32.4 Å². The standard InChI is InChI=1S/C12H20N2O/c1-4-11(15-3)12(14-13)10-7-5-9(2)6-8-10/h5-8,11-12,14H,4,13H2,1-3H3. The van der Waals surface area contributed by atoms with Crippen molar-refractivity contribution in [3.05, 3.63) is 35.4 Å². The molecule has 0 bridgehead atoms. The topological polar surface area (TPSA) is 47.3 Å². The van der Waals surface area contributed by atoms with E-state index in [9.17, 15) is 0 Å². The Morgan fingerprint density at radius 3 is 2.33 bits per heavy atom. The molecular weight excluding hydrogens is 188 g/mol. The Hall–Kier alpha value is -0.900. The molecule has 2 atom stereocenters. The Labute approximate surface area is 91.6 Å². The zero-order valence-corrected chi connectivity index (χ0v) is 9.66. The second kappa shape index (κ2) is 5.85. The Kier molecular flexibility index (Phi) is 4.75. The third-order valence-electron chi connectivity index (χ3n) is 2.69. The average molecular weight is 208 g/mol. The molecule has 1 aromatic carbocycles. The summed E-state index contributed by atoms with van der Waals surface area (Å²) < 4.78 is 5.39. The SMILES string of the molecule is CCC(OC)C(NN)c1ccc(C)cc1. The first kappa shape index (κ1) is 12.2. The number of hydrogen-bond acceptors (Lipinski definition) is 3. The van der Waals surface area contributed by atoms with Crippen molar-refractivity contribution in [1.29, 1.82) is 0 Å². The monoisotopic (exact) mass is 208 g/mol. The van der Waals surface area contributed by atoms with Crippen LogP contribution < -0.4 is 11.3 Å². The Morgan fingerprint density at radius 2 is 1.93 bits per heavy atom. The second-order valence-corrected chi connectivity index (χ2v) is 3.74. The first-order chi connectivity index (χ1) is 7.22. The highest BCUT2D eigenvalue weighted by atomic mass is 16.5. The molecule has 0 heterocycles. The van der Waals surface area contributed by atoms with E-state index in [-0.39, 0.29) is 12.1 Å². The molecule has 3 nitrogen and oxygen atoms in total. The lowest BCUT2D eigenvalue weighted by molar-refractivity contribution is 0.0651. The van der Waals surface area contributed by atoms with Crippen LogP contribution in [-0.4, -0.2) is 13.2 Å². The Bertz CT molecular complexity index is 280. The summed E-state index contributed by atoms with van der Waals surface area (Å²) in [4.78, 5) is 0. The maximum Gasteiger partial charge on any atom is 0.0776 e. The first-order valence-electron chi connectivity index (χ1n) is 5.28. The molecule has 0 aliphatic rings. The minimum absolute atomic E-state index is 0.0561. The first-order valence-corrected chi connectivity index (χ1v) is 5.28. The minimum Gasteiger partial charge on any atom is -0.379 e. The normalized spacial score (nSPS) is 14.9. The summed E-state index contributed by atoms with van der Waals surface area (Å²) in [6.07, 6.45) is 1.04. The van der Waals surface area contributed by atoms with Crippen LogP contribution in [0.15, 0.2) is 24.3 Å². The highest BCUT2D eigenvalue weighted by Gasteiger charge is 2.19. The number of benzene rings is 1. The fourth-order valence-corrected chi connectivity index (χ4v) is 1.73. The number of hydrazine groups is 1. The fourth-order valence-electron chi connectivity index (χ4n) is 1.73. The Balaban J connectivity index is 2.86. The van der Waals surface area contributed by atoms with Crippen LogP contribution in [0.25, 0.3) is 0 Å². The summed E-state index contributed by atoms with van der Waals surface area (Å²) >= 11 is 0. The van der Waals surface area contributed by atoms with Crippen LogP contribution in [0.3, 0.4) is 0 Å². The van der Waals surface area contributed by atoms with Crippen molar-refractivity contribution in [2.75, 3.05) is 7.11 Å². The highest BCUT2D eigenvalue weighted by molar-refractivity contribution is 5.24. The molecule has 0 saturated heterocycles. The van der Waals surface area contributed by atoms with Crippen molar-refractivity contribution < 1.29 is 4.74 Å².